The maximum atomic E-state index is 14.8. The molecule has 2 aromatic heterocycles. The van der Waals surface area contributed by atoms with Crippen molar-refractivity contribution in [2.75, 3.05) is 4.90 Å². The van der Waals surface area contributed by atoms with Crippen LogP contribution in [0.1, 0.15) is 23.5 Å². The van der Waals surface area contributed by atoms with Gasteiger partial charge >= 0.3 is 0 Å². The number of rotatable bonds is 4. The Morgan fingerprint density at radius 1 is 1.00 bits per heavy atom. The molecule has 0 amide bonds. The van der Waals surface area contributed by atoms with E-state index in [9.17, 15) is 4.39 Å². The molecule has 32 heavy (non-hydrogen) atoms. The van der Waals surface area contributed by atoms with Gasteiger partial charge in [0.05, 0.1) is 22.4 Å². The van der Waals surface area contributed by atoms with E-state index in [1.54, 1.807) is 47.5 Å². The van der Waals surface area contributed by atoms with Crippen molar-refractivity contribution in [2.24, 2.45) is 0 Å². The molecule has 4 aromatic rings. The summed E-state index contributed by atoms with van der Waals surface area (Å²) in [7, 11) is 0. The van der Waals surface area contributed by atoms with Gasteiger partial charge in [-0.2, -0.15) is 0 Å². The lowest BCUT2D eigenvalue weighted by atomic mass is 10.0. The first-order valence-corrected chi connectivity index (χ1v) is 11.0. The lowest BCUT2D eigenvalue weighted by Crippen LogP contribution is -2.30. The van der Waals surface area contributed by atoms with Crippen LogP contribution in [-0.2, 0) is 0 Å². The van der Waals surface area contributed by atoms with Crippen LogP contribution >= 0.6 is 35.4 Å². The summed E-state index contributed by atoms with van der Waals surface area (Å²) >= 11 is 18.0. The molecule has 8 heteroatoms. The summed E-state index contributed by atoms with van der Waals surface area (Å²) < 4.78 is 21.0. The van der Waals surface area contributed by atoms with Crippen molar-refractivity contribution < 1.29 is 8.81 Å². The molecule has 5 rings (SSSR count). The largest absolute Gasteiger partial charge is 0.459 e. The van der Waals surface area contributed by atoms with E-state index in [2.05, 4.69) is 10.3 Å². The Bertz CT molecular complexity index is 1300. The van der Waals surface area contributed by atoms with E-state index in [1.807, 2.05) is 30.3 Å². The third kappa shape index (κ3) is 3.75. The molecule has 160 valence electrons. The number of benzene rings is 2. The molecule has 1 fully saturated rings. The molecule has 4 nitrogen and oxygen atoms in total. The first kappa shape index (κ1) is 20.9. The Morgan fingerprint density at radius 3 is 2.56 bits per heavy atom. The van der Waals surface area contributed by atoms with Crippen LogP contribution in [0.5, 0.6) is 0 Å². The maximum Gasteiger partial charge on any atom is 0.174 e. The molecule has 1 saturated heterocycles. The van der Waals surface area contributed by atoms with Gasteiger partial charge in [-0.15, -0.1) is 0 Å². The smallest absolute Gasteiger partial charge is 0.174 e. The van der Waals surface area contributed by atoms with Gasteiger partial charge < -0.3 is 14.6 Å². The van der Waals surface area contributed by atoms with E-state index < -0.39 is 6.04 Å². The van der Waals surface area contributed by atoms with Crippen molar-refractivity contribution in [3.8, 4) is 11.3 Å². The van der Waals surface area contributed by atoms with E-state index in [-0.39, 0.29) is 11.9 Å². The van der Waals surface area contributed by atoms with Crippen LogP contribution in [0.15, 0.2) is 83.4 Å². The van der Waals surface area contributed by atoms with Crippen LogP contribution in [0, 0.1) is 5.82 Å². The number of thiocarbonyl (C=S) groups is 1. The highest BCUT2D eigenvalue weighted by Crippen LogP contribution is 2.44. The van der Waals surface area contributed by atoms with Crippen molar-refractivity contribution in [1.29, 1.82) is 0 Å². The topological polar surface area (TPSA) is 41.3 Å². The highest BCUT2D eigenvalue weighted by molar-refractivity contribution is 7.80. The van der Waals surface area contributed by atoms with Gasteiger partial charge in [0.15, 0.2) is 5.11 Å². The SMILES string of the molecule is Fc1ccccc1N1C(=S)N[C@H](c2ccccn2)[C@@H]1c1ccc(-c2ccc(Cl)cc2Cl)o1. The Labute approximate surface area is 199 Å². The first-order chi connectivity index (χ1) is 15.5. The van der Waals surface area contributed by atoms with E-state index >= 15 is 0 Å². The summed E-state index contributed by atoms with van der Waals surface area (Å²) in [4.78, 5) is 6.22. The van der Waals surface area contributed by atoms with E-state index in [4.69, 9.17) is 39.8 Å². The molecule has 1 aliphatic heterocycles. The number of hydrogen-bond donors (Lipinski definition) is 1. The summed E-state index contributed by atoms with van der Waals surface area (Å²) in [5.74, 6) is 0.792. The molecule has 0 saturated carbocycles. The van der Waals surface area contributed by atoms with E-state index in [0.29, 0.717) is 37.9 Å². The minimum atomic E-state index is -0.464. The van der Waals surface area contributed by atoms with Crippen molar-refractivity contribution in [3.05, 3.63) is 106 Å². The molecule has 0 radical (unpaired) electrons. The molecule has 2 atom stereocenters. The number of halogens is 3. The van der Waals surface area contributed by atoms with Gasteiger partial charge in [0.1, 0.15) is 23.4 Å². The van der Waals surface area contributed by atoms with Crippen molar-refractivity contribution in [3.63, 3.8) is 0 Å². The molecule has 0 unspecified atom stereocenters. The van der Waals surface area contributed by atoms with Crippen molar-refractivity contribution >= 4 is 46.2 Å². The number of anilines is 1. The number of furan rings is 1. The number of pyridine rings is 1. The number of hydrogen-bond acceptors (Lipinski definition) is 3. The predicted octanol–water partition coefficient (Wildman–Crippen LogP) is 6.96. The Morgan fingerprint density at radius 2 is 1.81 bits per heavy atom. The average molecular weight is 484 g/mol. The van der Waals surface area contributed by atoms with Crippen LogP contribution in [0.25, 0.3) is 11.3 Å². The zero-order valence-electron chi connectivity index (χ0n) is 16.5. The molecule has 0 aliphatic carbocycles. The van der Waals surface area contributed by atoms with Crippen molar-refractivity contribution in [2.45, 2.75) is 12.1 Å². The highest BCUT2D eigenvalue weighted by Gasteiger charge is 2.43. The second-order valence-corrected chi connectivity index (χ2v) is 8.50. The Kier molecular flexibility index (Phi) is 5.59. The van der Waals surface area contributed by atoms with Crippen LogP contribution < -0.4 is 10.2 Å². The summed E-state index contributed by atoms with van der Waals surface area (Å²) in [6.45, 7) is 0. The van der Waals surface area contributed by atoms with Gasteiger partial charge in [-0.3, -0.25) is 4.98 Å². The lowest BCUT2D eigenvalue weighted by molar-refractivity contribution is 0.438. The number of aromatic nitrogens is 1. The van der Waals surface area contributed by atoms with Crippen LogP contribution in [-0.4, -0.2) is 10.1 Å². The highest BCUT2D eigenvalue weighted by atomic mass is 35.5. The molecule has 1 N–H and O–H groups in total. The zero-order chi connectivity index (χ0) is 22.2. The molecule has 0 spiro atoms. The second-order valence-electron chi connectivity index (χ2n) is 7.27. The van der Waals surface area contributed by atoms with Gasteiger partial charge in [0, 0.05) is 16.8 Å². The molecule has 0 bridgehead atoms. The fraction of sp³-hybridized carbons (Fsp3) is 0.0833. The number of nitrogens with zero attached hydrogens (tertiary/aromatic N) is 2. The predicted molar refractivity (Wildman–Crippen MR) is 128 cm³/mol. The summed E-state index contributed by atoms with van der Waals surface area (Å²) in [5.41, 5.74) is 1.83. The minimum Gasteiger partial charge on any atom is -0.459 e. The first-order valence-electron chi connectivity index (χ1n) is 9.83. The van der Waals surface area contributed by atoms with E-state index in [1.165, 1.54) is 6.07 Å². The van der Waals surface area contributed by atoms with E-state index in [0.717, 1.165) is 5.69 Å². The third-order valence-corrected chi connectivity index (χ3v) is 6.19. The summed E-state index contributed by atoms with van der Waals surface area (Å²) in [5, 5.41) is 4.69. The lowest BCUT2D eigenvalue weighted by Gasteiger charge is -2.26. The molecule has 3 heterocycles. The van der Waals surface area contributed by atoms with Gasteiger partial charge in [-0.1, -0.05) is 41.4 Å². The van der Waals surface area contributed by atoms with Gasteiger partial charge in [0.2, 0.25) is 0 Å². The van der Waals surface area contributed by atoms with Gasteiger partial charge in [-0.05, 0) is 66.8 Å². The monoisotopic (exact) mass is 483 g/mol. The molecule has 1 aliphatic rings. The normalized spacial score (nSPS) is 18.1. The number of nitrogens with one attached hydrogen (secondary N) is 1. The quantitative estimate of drug-likeness (QED) is 0.317. The zero-order valence-corrected chi connectivity index (χ0v) is 18.8. The second kappa shape index (κ2) is 8.54. The van der Waals surface area contributed by atoms with Crippen molar-refractivity contribution in [1.82, 2.24) is 10.3 Å². The minimum absolute atomic E-state index is 0.344. The van der Waals surface area contributed by atoms with Crippen LogP contribution in [0.3, 0.4) is 0 Å². The third-order valence-electron chi connectivity index (χ3n) is 5.32. The number of para-hydroxylation sites is 1. The van der Waals surface area contributed by atoms with Gasteiger partial charge in [0.25, 0.3) is 0 Å². The Hall–Kier alpha value is -2.93. The average Bonchev–Trinajstić information content (AvgIpc) is 3.39. The fourth-order valence-corrected chi connectivity index (χ4v) is 4.74. The van der Waals surface area contributed by atoms with Crippen LogP contribution in [0.4, 0.5) is 10.1 Å². The summed E-state index contributed by atoms with van der Waals surface area (Å²) in [6, 6.07) is 20.2. The molecular weight excluding hydrogens is 468 g/mol. The molecule has 2 aromatic carbocycles. The fourth-order valence-electron chi connectivity index (χ4n) is 3.90. The Balaban J connectivity index is 1.62. The maximum absolute atomic E-state index is 14.8. The molecular formula is C24H16Cl2FN3OS. The van der Waals surface area contributed by atoms with Gasteiger partial charge in [-0.25, -0.2) is 4.39 Å². The summed E-state index contributed by atoms with van der Waals surface area (Å²) in [6.07, 6.45) is 1.71. The van der Waals surface area contributed by atoms with Crippen LogP contribution in [0.2, 0.25) is 10.0 Å². The standard InChI is InChI=1S/C24H16Cl2FN3OS/c25-14-8-9-15(16(26)13-14)20-10-11-21(31-20)23-22(18-6-3-4-12-28-18)29-24(32)30(23)19-7-2-1-5-17(19)27/h1-13,22-23H,(H,29,32)/t22-,23+/m1/s1.